The molecule has 0 aromatic heterocycles. The Bertz CT molecular complexity index is 1250. The van der Waals surface area contributed by atoms with Gasteiger partial charge >= 0.3 is 5.97 Å². The van der Waals surface area contributed by atoms with Gasteiger partial charge in [-0.3, -0.25) is 14.5 Å². The lowest BCUT2D eigenvalue weighted by atomic mass is 9.85. The molecule has 6 rings (SSSR count). The van der Waals surface area contributed by atoms with Crippen molar-refractivity contribution in [3.05, 3.63) is 96.6 Å². The molecule has 1 aliphatic heterocycles. The third-order valence-corrected chi connectivity index (χ3v) is 7.00. The first-order valence-corrected chi connectivity index (χ1v) is 11.1. The third kappa shape index (κ3) is 3.20. The molecule has 3 aliphatic rings. The number of esters is 1. The van der Waals surface area contributed by atoms with Crippen LogP contribution in [0.3, 0.4) is 0 Å². The maximum atomic E-state index is 13.0. The fraction of sp³-hybridized carbons (Fsp3) is 0.179. The Morgan fingerprint density at radius 3 is 1.91 bits per heavy atom. The number of nitrogens with zero attached hydrogens (tertiary/aromatic N) is 1. The third-order valence-electron chi connectivity index (χ3n) is 7.00. The fourth-order valence-corrected chi connectivity index (χ4v) is 5.42. The predicted molar refractivity (Wildman–Crippen MR) is 123 cm³/mol. The van der Waals surface area contributed by atoms with Gasteiger partial charge in [0.05, 0.1) is 23.1 Å². The molecule has 1 saturated carbocycles. The molecule has 2 bridgehead atoms. The van der Waals surface area contributed by atoms with Crippen LogP contribution < -0.4 is 9.64 Å². The van der Waals surface area contributed by atoms with E-state index in [2.05, 4.69) is 12.2 Å². The summed E-state index contributed by atoms with van der Waals surface area (Å²) in [7, 11) is 0. The molecule has 2 aliphatic carbocycles. The van der Waals surface area contributed by atoms with E-state index < -0.39 is 5.97 Å². The van der Waals surface area contributed by atoms with Gasteiger partial charge in [0.15, 0.2) is 0 Å². The van der Waals surface area contributed by atoms with Gasteiger partial charge in [-0.05, 0) is 65.8 Å². The van der Waals surface area contributed by atoms with Gasteiger partial charge in [-0.1, -0.05) is 54.6 Å². The zero-order chi connectivity index (χ0) is 22.5. The molecular formula is C28H21NO4. The maximum Gasteiger partial charge on any atom is 0.343 e. The summed E-state index contributed by atoms with van der Waals surface area (Å²) in [6.07, 6.45) is 5.05. The van der Waals surface area contributed by atoms with E-state index >= 15 is 0 Å². The second kappa shape index (κ2) is 7.55. The Morgan fingerprint density at radius 2 is 1.30 bits per heavy atom. The van der Waals surface area contributed by atoms with Gasteiger partial charge in [-0.2, -0.15) is 0 Å². The van der Waals surface area contributed by atoms with E-state index in [-0.39, 0.29) is 35.5 Å². The number of rotatable bonds is 4. The highest BCUT2D eigenvalue weighted by Crippen LogP contribution is 2.53. The van der Waals surface area contributed by atoms with Crippen molar-refractivity contribution in [1.82, 2.24) is 0 Å². The van der Waals surface area contributed by atoms with Crippen molar-refractivity contribution < 1.29 is 19.1 Å². The highest BCUT2D eigenvalue weighted by molar-refractivity contribution is 6.22. The highest BCUT2D eigenvalue weighted by atomic mass is 16.5. The van der Waals surface area contributed by atoms with Crippen LogP contribution in [-0.4, -0.2) is 17.8 Å². The van der Waals surface area contributed by atoms with Crippen molar-refractivity contribution in [1.29, 1.82) is 0 Å². The summed E-state index contributed by atoms with van der Waals surface area (Å²) in [6.45, 7) is 0. The van der Waals surface area contributed by atoms with E-state index in [1.807, 2.05) is 42.5 Å². The van der Waals surface area contributed by atoms with E-state index in [1.54, 1.807) is 36.4 Å². The molecule has 3 aromatic carbocycles. The first-order valence-electron chi connectivity index (χ1n) is 11.1. The fourth-order valence-electron chi connectivity index (χ4n) is 5.42. The van der Waals surface area contributed by atoms with Crippen LogP contribution in [0.5, 0.6) is 5.75 Å². The van der Waals surface area contributed by atoms with Gasteiger partial charge in [0.2, 0.25) is 11.8 Å². The summed E-state index contributed by atoms with van der Waals surface area (Å²) in [5.41, 5.74) is 2.98. The van der Waals surface area contributed by atoms with E-state index in [0.29, 0.717) is 17.0 Å². The Balaban J connectivity index is 1.15. The SMILES string of the molecule is O=C(Oc1ccc(-c2ccccc2)cc1)c1ccc(N2C(=O)C3C4C=CC(C4)C3C2=O)cc1. The number of hydrogen-bond donors (Lipinski definition) is 0. The zero-order valence-corrected chi connectivity index (χ0v) is 17.8. The summed E-state index contributed by atoms with van der Waals surface area (Å²) in [5.74, 6) is -0.442. The average Bonchev–Trinajstić information content (AvgIpc) is 3.54. The lowest BCUT2D eigenvalue weighted by molar-refractivity contribution is -0.123. The molecule has 0 N–H and O–H groups in total. The number of imide groups is 1. The average molecular weight is 435 g/mol. The molecule has 162 valence electrons. The van der Waals surface area contributed by atoms with Gasteiger partial charge in [0.25, 0.3) is 0 Å². The van der Waals surface area contributed by atoms with Gasteiger partial charge in [0.1, 0.15) is 5.75 Å². The molecule has 5 heteroatoms. The first-order chi connectivity index (χ1) is 16.1. The van der Waals surface area contributed by atoms with Crippen molar-refractivity contribution in [2.24, 2.45) is 23.7 Å². The first kappa shape index (κ1) is 19.7. The van der Waals surface area contributed by atoms with Crippen molar-refractivity contribution in [3.8, 4) is 16.9 Å². The van der Waals surface area contributed by atoms with Crippen molar-refractivity contribution in [2.45, 2.75) is 6.42 Å². The smallest absolute Gasteiger partial charge is 0.343 e. The molecule has 33 heavy (non-hydrogen) atoms. The van der Waals surface area contributed by atoms with Crippen LogP contribution in [0.25, 0.3) is 11.1 Å². The summed E-state index contributed by atoms with van der Waals surface area (Å²) in [5, 5.41) is 0. The number of ether oxygens (including phenoxy) is 1. The van der Waals surface area contributed by atoms with Crippen LogP contribution in [-0.2, 0) is 9.59 Å². The monoisotopic (exact) mass is 435 g/mol. The second-order valence-corrected chi connectivity index (χ2v) is 8.84. The minimum absolute atomic E-state index is 0.129. The molecule has 5 nitrogen and oxygen atoms in total. The summed E-state index contributed by atoms with van der Waals surface area (Å²) in [6, 6.07) is 23.8. The molecule has 4 atom stereocenters. The molecule has 1 heterocycles. The van der Waals surface area contributed by atoms with Crippen LogP contribution in [0.2, 0.25) is 0 Å². The van der Waals surface area contributed by atoms with Gasteiger partial charge < -0.3 is 4.74 Å². The molecule has 2 fully saturated rings. The number of benzene rings is 3. The summed E-state index contributed by atoms with van der Waals surface area (Å²) >= 11 is 0. The number of hydrogen-bond acceptors (Lipinski definition) is 4. The van der Waals surface area contributed by atoms with Crippen molar-refractivity contribution in [3.63, 3.8) is 0 Å². The Labute approximate surface area is 191 Å². The molecule has 1 saturated heterocycles. The Morgan fingerprint density at radius 1 is 0.727 bits per heavy atom. The van der Waals surface area contributed by atoms with E-state index in [9.17, 15) is 14.4 Å². The van der Waals surface area contributed by atoms with Crippen LogP contribution in [0, 0.1) is 23.7 Å². The minimum Gasteiger partial charge on any atom is -0.423 e. The van der Waals surface area contributed by atoms with Crippen LogP contribution in [0.15, 0.2) is 91.0 Å². The maximum absolute atomic E-state index is 13.0. The Kier molecular flexibility index (Phi) is 4.50. The standard InChI is InChI=1S/C28H21NO4/c30-26-24-20-6-7-21(16-20)25(24)27(31)29(26)22-12-8-19(9-13-22)28(32)33-23-14-10-18(11-15-23)17-4-2-1-3-5-17/h1-15,20-21,24-25H,16H2. The molecular weight excluding hydrogens is 414 g/mol. The highest BCUT2D eigenvalue weighted by Gasteiger charge is 2.59. The van der Waals surface area contributed by atoms with E-state index in [0.717, 1.165) is 17.5 Å². The van der Waals surface area contributed by atoms with Crippen molar-refractivity contribution in [2.75, 3.05) is 4.90 Å². The number of carbonyl (C=O) groups excluding carboxylic acids is 3. The lowest BCUT2D eigenvalue weighted by Crippen LogP contribution is -2.32. The number of carbonyl (C=O) groups is 3. The van der Waals surface area contributed by atoms with Crippen LogP contribution in [0.1, 0.15) is 16.8 Å². The summed E-state index contributed by atoms with van der Waals surface area (Å²) in [4.78, 5) is 39.8. The quantitative estimate of drug-likeness (QED) is 0.254. The van der Waals surface area contributed by atoms with Crippen LogP contribution >= 0.6 is 0 Å². The second-order valence-electron chi connectivity index (χ2n) is 8.84. The Hall–Kier alpha value is -3.99. The van der Waals surface area contributed by atoms with Gasteiger partial charge in [-0.25, -0.2) is 4.79 Å². The largest absolute Gasteiger partial charge is 0.423 e. The normalized spacial score (nSPS) is 24.9. The number of fused-ring (bicyclic) bond motifs is 5. The lowest BCUT2D eigenvalue weighted by Gasteiger charge is -2.17. The number of anilines is 1. The number of allylic oxidation sites excluding steroid dienone is 2. The summed E-state index contributed by atoms with van der Waals surface area (Å²) < 4.78 is 5.50. The van der Waals surface area contributed by atoms with E-state index in [4.69, 9.17) is 4.74 Å². The van der Waals surface area contributed by atoms with Gasteiger partial charge in [-0.15, -0.1) is 0 Å². The minimum atomic E-state index is -0.493. The topological polar surface area (TPSA) is 63.7 Å². The number of amides is 2. The molecule has 0 spiro atoms. The van der Waals surface area contributed by atoms with E-state index in [1.165, 1.54) is 4.90 Å². The van der Waals surface area contributed by atoms with Crippen LogP contribution in [0.4, 0.5) is 5.69 Å². The van der Waals surface area contributed by atoms with Crippen molar-refractivity contribution >= 4 is 23.5 Å². The zero-order valence-electron chi connectivity index (χ0n) is 17.8. The molecule has 4 unspecified atom stereocenters. The molecule has 0 radical (unpaired) electrons. The molecule has 2 amide bonds. The van der Waals surface area contributed by atoms with Gasteiger partial charge in [0, 0.05) is 0 Å². The molecule has 3 aromatic rings. The predicted octanol–water partition coefficient (Wildman–Crippen LogP) is 4.88.